The third kappa shape index (κ3) is 4.67. The van der Waals surface area contributed by atoms with Crippen molar-refractivity contribution < 1.29 is 13.2 Å². The number of benzene rings is 1. The Morgan fingerprint density at radius 2 is 1.90 bits per heavy atom. The Morgan fingerprint density at radius 3 is 2.35 bits per heavy atom. The van der Waals surface area contributed by atoms with Crippen molar-refractivity contribution in [3.8, 4) is 0 Å². The van der Waals surface area contributed by atoms with E-state index < -0.39 is 11.7 Å². The van der Waals surface area contributed by atoms with E-state index in [1.807, 2.05) is 6.92 Å². The fraction of sp³-hybridized carbons (Fsp3) is 0.500. The first-order valence-electron chi connectivity index (χ1n) is 6.39. The molecule has 0 heterocycles. The molecule has 1 rings (SSSR count). The van der Waals surface area contributed by atoms with Gasteiger partial charge in [-0.15, -0.1) is 0 Å². The number of hydrogen-bond acceptors (Lipinski definition) is 2. The van der Waals surface area contributed by atoms with Crippen LogP contribution in [0, 0.1) is 5.92 Å². The lowest BCUT2D eigenvalue weighted by molar-refractivity contribution is -0.137. The predicted molar refractivity (Wildman–Crippen MR) is 79.9 cm³/mol. The van der Waals surface area contributed by atoms with Gasteiger partial charge in [0.25, 0.3) is 0 Å². The molecule has 0 radical (unpaired) electrons. The van der Waals surface area contributed by atoms with E-state index in [2.05, 4.69) is 19.2 Å². The fourth-order valence-corrected chi connectivity index (χ4v) is 2.30. The van der Waals surface area contributed by atoms with E-state index in [9.17, 15) is 13.2 Å². The molecule has 6 heteroatoms. The molecule has 0 fully saturated rings. The summed E-state index contributed by atoms with van der Waals surface area (Å²) in [4.78, 5) is -0.252. The van der Waals surface area contributed by atoms with Gasteiger partial charge in [-0.2, -0.15) is 13.2 Å². The van der Waals surface area contributed by atoms with Crippen LogP contribution in [0.3, 0.4) is 0 Å². The van der Waals surface area contributed by atoms with E-state index in [1.54, 1.807) is 0 Å². The van der Waals surface area contributed by atoms with Crippen LogP contribution in [-0.4, -0.2) is 11.0 Å². The van der Waals surface area contributed by atoms with E-state index in [4.69, 9.17) is 18.0 Å². The van der Waals surface area contributed by atoms with E-state index >= 15 is 0 Å². The molecule has 0 saturated carbocycles. The first kappa shape index (κ1) is 16.8. The van der Waals surface area contributed by atoms with Crippen molar-refractivity contribution in [3.05, 3.63) is 29.3 Å². The fourth-order valence-electron chi connectivity index (χ4n) is 2.14. The second kappa shape index (κ2) is 6.43. The van der Waals surface area contributed by atoms with Crippen LogP contribution in [0.4, 0.5) is 18.9 Å². The summed E-state index contributed by atoms with van der Waals surface area (Å²) in [5, 5.41) is 3.16. The first-order chi connectivity index (χ1) is 9.11. The Labute approximate surface area is 122 Å². The summed E-state index contributed by atoms with van der Waals surface area (Å²) >= 11 is 4.71. The first-order valence-corrected chi connectivity index (χ1v) is 6.79. The monoisotopic (exact) mass is 304 g/mol. The van der Waals surface area contributed by atoms with Crippen LogP contribution in [-0.2, 0) is 6.18 Å². The van der Waals surface area contributed by atoms with Crippen LogP contribution in [0.15, 0.2) is 18.2 Å². The van der Waals surface area contributed by atoms with Gasteiger partial charge in [0.2, 0.25) is 0 Å². The smallest absolute Gasteiger partial charge is 0.389 e. The molecule has 0 aliphatic heterocycles. The van der Waals surface area contributed by atoms with Gasteiger partial charge in [0.05, 0.1) is 5.56 Å². The zero-order valence-corrected chi connectivity index (χ0v) is 12.5. The average Bonchev–Trinajstić information content (AvgIpc) is 2.25. The van der Waals surface area contributed by atoms with Gasteiger partial charge in [0.15, 0.2) is 0 Å². The maximum atomic E-state index is 12.8. The van der Waals surface area contributed by atoms with Crippen LogP contribution in [0.25, 0.3) is 0 Å². The molecule has 0 aliphatic carbocycles. The zero-order chi connectivity index (χ0) is 15.5. The third-order valence-corrected chi connectivity index (χ3v) is 3.05. The Kier molecular flexibility index (Phi) is 5.39. The molecule has 112 valence electrons. The summed E-state index contributed by atoms with van der Waals surface area (Å²) < 4.78 is 38.5. The van der Waals surface area contributed by atoms with Crippen molar-refractivity contribution in [1.82, 2.24) is 0 Å². The van der Waals surface area contributed by atoms with Gasteiger partial charge in [-0.3, -0.25) is 0 Å². The number of nitrogens with one attached hydrogen (secondary N) is 1. The van der Waals surface area contributed by atoms with Crippen molar-refractivity contribution in [2.75, 3.05) is 5.32 Å². The summed E-state index contributed by atoms with van der Waals surface area (Å²) in [5.74, 6) is 0.502. The molecule has 20 heavy (non-hydrogen) atoms. The molecule has 0 saturated heterocycles. The summed E-state index contributed by atoms with van der Waals surface area (Å²) in [6, 6.07) is 3.94. The van der Waals surface area contributed by atoms with Gasteiger partial charge in [0.1, 0.15) is 4.99 Å². The van der Waals surface area contributed by atoms with Crippen LogP contribution < -0.4 is 11.1 Å². The molecule has 0 aromatic heterocycles. The molecule has 2 nitrogen and oxygen atoms in total. The van der Waals surface area contributed by atoms with E-state index in [0.29, 0.717) is 11.6 Å². The van der Waals surface area contributed by atoms with E-state index in [-0.39, 0.29) is 16.6 Å². The second-order valence-corrected chi connectivity index (χ2v) is 5.74. The maximum Gasteiger partial charge on any atom is 0.417 e. The SMILES string of the molecule is CC(C)CC(C)Nc1ccc(C(F)(F)F)c(C(N)=S)c1. The normalized spacial score (nSPS) is 13.3. The molecule has 1 unspecified atom stereocenters. The lowest BCUT2D eigenvalue weighted by atomic mass is 10.0. The van der Waals surface area contributed by atoms with Crippen molar-refractivity contribution in [2.45, 2.75) is 39.4 Å². The summed E-state index contributed by atoms with van der Waals surface area (Å²) in [6.07, 6.45) is -3.54. The van der Waals surface area contributed by atoms with Crippen molar-refractivity contribution in [3.63, 3.8) is 0 Å². The van der Waals surface area contributed by atoms with Gasteiger partial charge in [0, 0.05) is 17.3 Å². The highest BCUT2D eigenvalue weighted by atomic mass is 32.1. The van der Waals surface area contributed by atoms with E-state index in [1.165, 1.54) is 12.1 Å². The predicted octanol–water partition coefficient (Wildman–Crippen LogP) is 4.19. The number of anilines is 1. The third-order valence-electron chi connectivity index (χ3n) is 2.83. The molecular weight excluding hydrogens is 285 g/mol. The summed E-state index contributed by atoms with van der Waals surface area (Å²) in [5.41, 5.74) is 5.04. The minimum atomic E-state index is -4.46. The number of nitrogens with two attached hydrogens (primary N) is 1. The number of hydrogen-bond donors (Lipinski definition) is 2. The molecule has 1 aromatic rings. The van der Waals surface area contributed by atoms with Crippen LogP contribution >= 0.6 is 12.2 Å². The van der Waals surface area contributed by atoms with Gasteiger partial charge in [-0.25, -0.2) is 0 Å². The van der Waals surface area contributed by atoms with Gasteiger partial charge < -0.3 is 11.1 Å². The average molecular weight is 304 g/mol. The largest absolute Gasteiger partial charge is 0.417 e. The number of rotatable bonds is 5. The summed E-state index contributed by atoms with van der Waals surface area (Å²) in [6.45, 7) is 6.16. The van der Waals surface area contributed by atoms with Crippen LogP contribution in [0.2, 0.25) is 0 Å². The van der Waals surface area contributed by atoms with Crippen molar-refractivity contribution >= 4 is 22.9 Å². The molecule has 1 atom stereocenters. The molecule has 1 aromatic carbocycles. The molecule has 0 amide bonds. The Hall–Kier alpha value is -1.30. The second-order valence-electron chi connectivity index (χ2n) is 5.30. The number of alkyl halides is 3. The van der Waals surface area contributed by atoms with Gasteiger partial charge in [-0.1, -0.05) is 26.1 Å². The Balaban J connectivity index is 3.02. The van der Waals surface area contributed by atoms with Crippen molar-refractivity contribution in [1.29, 1.82) is 0 Å². The van der Waals surface area contributed by atoms with Crippen molar-refractivity contribution in [2.24, 2.45) is 11.7 Å². The quantitative estimate of drug-likeness (QED) is 0.801. The molecular formula is C14H19F3N2S. The topological polar surface area (TPSA) is 38.0 Å². The Bertz CT molecular complexity index is 484. The maximum absolute atomic E-state index is 12.8. The minimum Gasteiger partial charge on any atom is -0.389 e. The molecule has 3 N–H and O–H groups in total. The molecule has 0 spiro atoms. The van der Waals surface area contributed by atoms with Gasteiger partial charge in [-0.05, 0) is 37.5 Å². The Morgan fingerprint density at radius 1 is 1.30 bits per heavy atom. The standard InChI is InChI=1S/C14H19F3N2S/c1-8(2)6-9(3)19-10-4-5-12(14(15,16)17)11(7-10)13(18)20/h4-5,7-9,19H,6H2,1-3H3,(H2,18,20). The van der Waals surface area contributed by atoms with Crippen LogP contribution in [0.5, 0.6) is 0 Å². The number of halogens is 3. The highest BCUT2D eigenvalue weighted by Crippen LogP contribution is 2.33. The minimum absolute atomic E-state index is 0.144. The highest BCUT2D eigenvalue weighted by Gasteiger charge is 2.34. The lowest BCUT2D eigenvalue weighted by Gasteiger charge is -2.19. The zero-order valence-electron chi connectivity index (χ0n) is 11.7. The molecule has 0 aliphatic rings. The molecule has 0 bridgehead atoms. The van der Waals surface area contributed by atoms with E-state index in [0.717, 1.165) is 12.5 Å². The van der Waals surface area contributed by atoms with Crippen LogP contribution in [0.1, 0.15) is 38.3 Å². The number of thiocarbonyl (C=S) groups is 1. The summed E-state index contributed by atoms with van der Waals surface area (Å²) in [7, 11) is 0. The lowest BCUT2D eigenvalue weighted by Crippen LogP contribution is -2.20. The highest BCUT2D eigenvalue weighted by molar-refractivity contribution is 7.80. The van der Waals surface area contributed by atoms with Gasteiger partial charge >= 0.3 is 6.18 Å².